The molecule has 12 heteroatoms. The number of hydrogen-bond acceptors (Lipinski definition) is 6. The van der Waals surface area contributed by atoms with Gasteiger partial charge in [0.25, 0.3) is 10.0 Å². The maximum absolute atomic E-state index is 13.6. The van der Waals surface area contributed by atoms with Crippen molar-refractivity contribution < 1.29 is 21.6 Å². The molecule has 7 nitrogen and oxygen atoms in total. The second kappa shape index (κ2) is 10.8. The first-order valence-electron chi connectivity index (χ1n) is 10.7. The summed E-state index contributed by atoms with van der Waals surface area (Å²) in [6, 6.07) is 13.0. The molecule has 1 aliphatic rings. The molecule has 3 heterocycles. The molecule has 2 aromatic heterocycles. The molecule has 1 unspecified atom stereocenters. The Morgan fingerprint density at radius 3 is 2.46 bits per heavy atom. The SMILES string of the molecule is Cc1ccccc1-c1nc(NS(=O)(=O)c2cccc(NC3CCCNC3)n2)ccc1C(F)(F)F.Cl. The van der Waals surface area contributed by atoms with Gasteiger partial charge < -0.3 is 10.6 Å². The summed E-state index contributed by atoms with van der Waals surface area (Å²) in [4.78, 5) is 8.22. The number of aromatic nitrogens is 2. The minimum atomic E-state index is -4.66. The predicted molar refractivity (Wildman–Crippen MR) is 131 cm³/mol. The van der Waals surface area contributed by atoms with Crippen LogP contribution in [0.5, 0.6) is 0 Å². The first-order valence-corrected chi connectivity index (χ1v) is 12.2. The Morgan fingerprint density at radius 2 is 1.77 bits per heavy atom. The fourth-order valence-corrected chi connectivity index (χ4v) is 4.78. The minimum absolute atomic E-state index is 0. The van der Waals surface area contributed by atoms with Crippen molar-refractivity contribution in [1.29, 1.82) is 0 Å². The molecule has 3 N–H and O–H groups in total. The van der Waals surface area contributed by atoms with Gasteiger partial charge in [-0.15, -0.1) is 12.4 Å². The van der Waals surface area contributed by atoms with Gasteiger partial charge in [-0.05, 0) is 56.1 Å². The highest BCUT2D eigenvalue weighted by molar-refractivity contribution is 7.92. The molecule has 1 saturated heterocycles. The van der Waals surface area contributed by atoms with Crippen LogP contribution in [0.4, 0.5) is 24.8 Å². The molecule has 4 rings (SSSR count). The number of piperidine rings is 1. The van der Waals surface area contributed by atoms with Gasteiger partial charge in [-0.25, -0.2) is 9.97 Å². The van der Waals surface area contributed by atoms with Crippen LogP contribution < -0.4 is 15.4 Å². The van der Waals surface area contributed by atoms with Crippen molar-refractivity contribution in [3.05, 3.63) is 65.7 Å². The van der Waals surface area contributed by atoms with Crippen LogP contribution in [0.1, 0.15) is 24.0 Å². The van der Waals surface area contributed by atoms with Crippen LogP contribution in [-0.2, 0) is 16.2 Å². The quantitative estimate of drug-likeness (QED) is 0.424. The highest BCUT2D eigenvalue weighted by atomic mass is 35.5. The molecule has 1 aromatic carbocycles. The lowest BCUT2D eigenvalue weighted by Crippen LogP contribution is -2.38. The van der Waals surface area contributed by atoms with Crippen molar-refractivity contribution in [3.8, 4) is 11.3 Å². The van der Waals surface area contributed by atoms with E-state index in [-0.39, 0.29) is 40.6 Å². The number of alkyl halides is 3. The average molecular weight is 528 g/mol. The highest BCUT2D eigenvalue weighted by Crippen LogP contribution is 2.38. The number of aryl methyl sites for hydroxylation is 1. The van der Waals surface area contributed by atoms with E-state index in [1.165, 1.54) is 12.1 Å². The van der Waals surface area contributed by atoms with Gasteiger partial charge in [0.1, 0.15) is 11.6 Å². The van der Waals surface area contributed by atoms with Gasteiger partial charge in [0.2, 0.25) is 0 Å². The van der Waals surface area contributed by atoms with E-state index in [9.17, 15) is 21.6 Å². The van der Waals surface area contributed by atoms with Crippen molar-refractivity contribution in [2.75, 3.05) is 23.1 Å². The van der Waals surface area contributed by atoms with Crippen molar-refractivity contribution in [2.24, 2.45) is 0 Å². The monoisotopic (exact) mass is 527 g/mol. The molecule has 1 aliphatic heterocycles. The smallest absolute Gasteiger partial charge is 0.366 e. The van der Waals surface area contributed by atoms with Crippen LogP contribution in [0.15, 0.2) is 59.6 Å². The second-order valence-electron chi connectivity index (χ2n) is 8.06. The molecule has 188 valence electrons. The van der Waals surface area contributed by atoms with Crippen molar-refractivity contribution in [2.45, 2.75) is 37.0 Å². The number of sulfonamides is 1. The van der Waals surface area contributed by atoms with E-state index in [4.69, 9.17) is 0 Å². The molecule has 0 amide bonds. The summed E-state index contributed by atoms with van der Waals surface area (Å²) in [6.07, 6.45) is -2.72. The maximum atomic E-state index is 13.6. The number of rotatable bonds is 6. The summed E-state index contributed by atoms with van der Waals surface area (Å²) < 4.78 is 69.1. The number of benzene rings is 1. The standard InChI is InChI=1S/C23H24F3N5O2S.ClH/c1-15-6-2-3-8-17(15)22-18(23(24,25)26)11-12-20(30-22)31-34(32,33)21-10-4-9-19(29-21)28-16-7-5-13-27-14-16;/h2-4,6,8-12,16,27H,5,7,13-14H2,1H3,(H,28,29)(H,30,31);1H. The van der Waals surface area contributed by atoms with E-state index >= 15 is 0 Å². The Balaban J connectivity index is 0.00000342. The summed E-state index contributed by atoms with van der Waals surface area (Å²) in [5, 5.41) is 6.21. The Morgan fingerprint density at radius 1 is 1.00 bits per heavy atom. The topological polar surface area (TPSA) is 96.0 Å². The summed E-state index contributed by atoms with van der Waals surface area (Å²) in [6.45, 7) is 3.35. The Bertz CT molecular complexity index is 1280. The second-order valence-corrected chi connectivity index (χ2v) is 9.69. The lowest BCUT2D eigenvalue weighted by Gasteiger charge is -2.24. The van der Waals surface area contributed by atoms with Gasteiger partial charge in [-0.2, -0.15) is 21.6 Å². The minimum Gasteiger partial charge on any atom is -0.366 e. The Kier molecular flexibility index (Phi) is 8.24. The fourth-order valence-electron chi connectivity index (χ4n) is 3.81. The molecule has 0 aliphatic carbocycles. The van der Waals surface area contributed by atoms with Gasteiger partial charge in [-0.3, -0.25) is 4.72 Å². The lowest BCUT2D eigenvalue weighted by molar-refractivity contribution is -0.137. The number of anilines is 2. The molecule has 35 heavy (non-hydrogen) atoms. The summed E-state index contributed by atoms with van der Waals surface area (Å²) in [5.41, 5.74) is -0.450. The average Bonchev–Trinajstić information content (AvgIpc) is 2.79. The van der Waals surface area contributed by atoms with Gasteiger partial charge in [0.15, 0.2) is 5.03 Å². The van der Waals surface area contributed by atoms with Crippen LogP contribution >= 0.6 is 12.4 Å². The van der Waals surface area contributed by atoms with Crippen LogP contribution in [0.25, 0.3) is 11.3 Å². The third-order valence-electron chi connectivity index (χ3n) is 5.49. The largest absolute Gasteiger partial charge is 0.418 e. The maximum Gasteiger partial charge on any atom is 0.418 e. The summed E-state index contributed by atoms with van der Waals surface area (Å²) in [5.74, 6) is 0.167. The van der Waals surface area contributed by atoms with Crippen LogP contribution in [0.2, 0.25) is 0 Å². The molecule has 0 spiro atoms. The van der Waals surface area contributed by atoms with E-state index < -0.39 is 21.8 Å². The third-order valence-corrected chi connectivity index (χ3v) is 6.74. The molecule has 0 saturated carbocycles. The van der Waals surface area contributed by atoms with Crippen LogP contribution in [-0.4, -0.2) is 37.5 Å². The molecule has 0 radical (unpaired) electrons. The number of pyridine rings is 2. The molecule has 0 bridgehead atoms. The number of nitrogens with one attached hydrogen (secondary N) is 3. The molecular formula is C23H25ClF3N5O2S. The molecule has 1 atom stereocenters. The zero-order valence-electron chi connectivity index (χ0n) is 18.8. The molecule has 1 fully saturated rings. The molecular weight excluding hydrogens is 503 g/mol. The van der Waals surface area contributed by atoms with Crippen molar-refractivity contribution in [3.63, 3.8) is 0 Å². The van der Waals surface area contributed by atoms with Crippen LogP contribution in [0.3, 0.4) is 0 Å². The summed E-state index contributed by atoms with van der Waals surface area (Å²) in [7, 11) is -4.19. The van der Waals surface area contributed by atoms with Crippen molar-refractivity contribution in [1.82, 2.24) is 15.3 Å². The summed E-state index contributed by atoms with van der Waals surface area (Å²) >= 11 is 0. The fraction of sp³-hybridized carbons (Fsp3) is 0.304. The number of nitrogens with zero attached hydrogens (tertiary/aromatic N) is 2. The normalized spacial score (nSPS) is 16.3. The number of halogens is 4. The highest BCUT2D eigenvalue weighted by Gasteiger charge is 2.35. The first-order chi connectivity index (χ1) is 16.1. The van der Waals surface area contributed by atoms with E-state index in [2.05, 4.69) is 25.3 Å². The van der Waals surface area contributed by atoms with Gasteiger partial charge in [0.05, 0.1) is 11.3 Å². The Labute approximate surface area is 208 Å². The first kappa shape index (κ1) is 26.7. The lowest BCUT2D eigenvalue weighted by atomic mass is 10.0. The molecule has 3 aromatic rings. The van der Waals surface area contributed by atoms with Gasteiger partial charge in [0, 0.05) is 18.2 Å². The third kappa shape index (κ3) is 6.41. The zero-order chi connectivity index (χ0) is 24.3. The Hall–Kier alpha value is -2.89. The van der Waals surface area contributed by atoms with E-state index in [1.54, 1.807) is 37.3 Å². The van der Waals surface area contributed by atoms with Gasteiger partial charge >= 0.3 is 6.18 Å². The van der Waals surface area contributed by atoms with E-state index in [0.29, 0.717) is 11.4 Å². The zero-order valence-corrected chi connectivity index (χ0v) is 20.4. The van der Waals surface area contributed by atoms with Crippen LogP contribution in [0, 0.1) is 6.92 Å². The predicted octanol–water partition coefficient (Wildman–Crippen LogP) is 4.86. The van der Waals surface area contributed by atoms with E-state index in [1.807, 2.05) is 0 Å². The van der Waals surface area contributed by atoms with Crippen molar-refractivity contribution >= 4 is 34.1 Å². The number of hydrogen-bond donors (Lipinski definition) is 3. The van der Waals surface area contributed by atoms with E-state index in [0.717, 1.165) is 38.1 Å². The van der Waals surface area contributed by atoms with Gasteiger partial charge in [-0.1, -0.05) is 30.3 Å².